The third-order valence-electron chi connectivity index (χ3n) is 4.52. The molecule has 1 aliphatic rings. The van der Waals surface area contributed by atoms with Gasteiger partial charge in [0, 0.05) is 11.5 Å². The number of amidine groups is 1. The fourth-order valence-electron chi connectivity index (χ4n) is 2.98. The number of rotatable bonds is 6. The van der Waals surface area contributed by atoms with Gasteiger partial charge in [-0.25, -0.2) is 0 Å². The lowest BCUT2D eigenvalue weighted by Crippen LogP contribution is -2.37. The van der Waals surface area contributed by atoms with Gasteiger partial charge in [0.2, 0.25) is 0 Å². The molecule has 1 aliphatic heterocycles. The molecule has 0 spiro atoms. The summed E-state index contributed by atoms with van der Waals surface area (Å²) in [6, 6.07) is 0.759. The second-order valence-corrected chi connectivity index (χ2v) is 6.42. The van der Waals surface area contributed by atoms with Crippen molar-refractivity contribution in [3.05, 3.63) is 0 Å². The molecule has 1 atom stereocenters. The third kappa shape index (κ3) is 5.01. The molecule has 0 amide bonds. The molecule has 1 unspecified atom stereocenters. The normalized spacial score (nSPS) is 23.3. The van der Waals surface area contributed by atoms with Crippen LogP contribution in [0.3, 0.4) is 0 Å². The fraction of sp³-hybridized carbons (Fsp3) is 0.933. The summed E-state index contributed by atoms with van der Waals surface area (Å²) in [4.78, 5) is 2.65. The Bertz CT molecular complexity index is 289. The first kappa shape index (κ1) is 16.3. The van der Waals surface area contributed by atoms with Crippen molar-refractivity contribution in [1.29, 1.82) is 0 Å². The molecule has 1 saturated heterocycles. The van der Waals surface area contributed by atoms with E-state index in [-0.39, 0.29) is 5.41 Å². The molecule has 1 heterocycles. The molecule has 112 valence electrons. The SMILES string of the molecule is CCC1CCCCCN1CCCC(C)(C)C(N)=NO. The highest BCUT2D eigenvalue weighted by molar-refractivity contribution is 5.85. The Morgan fingerprint density at radius 2 is 2.11 bits per heavy atom. The molecule has 0 aromatic rings. The van der Waals surface area contributed by atoms with Gasteiger partial charge in [-0.05, 0) is 45.2 Å². The quantitative estimate of drug-likeness (QED) is 0.337. The lowest BCUT2D eigenvalue weighted by molar-refractivity contribution is 0.185. The van der Waals surface area contributed by atoms with E-state index in [0.717, 1.165) is 25.4 Å². The van der Waals surface area contributed by atoms with Gasteiger partial charge in [-0.1, -0.05) is 38.8 Å². The molecule has 19 heavy (non-hydrogen) atoms. The Kier molecular flexibility index (Phi) is 6.63. The van der Waals surface area contributed by atoms with Crippen molar-refractivity contribution >= 4 is 5.84 Å². The molecule has 0 radical (unpaired) electrons. The second-order valence-electron chi connectivity index (χ2n) is 6.42. The molecular formula is C15H31N3O. The number of oxime groups is 1. The van der Waals surface area contributed by atoms with Crippen LogP contribution in [0, 0.1) is 5.41 Å². The van der Waals surface area contributed by atoms with E-state index in [4.69, 9.17) is 10.9 Å². The number of likely N-dealkylation sites (tertiary alicyclic amines) is 1. The van der Waals surface area contributed by atoms with Crippen LogP contribution in [-0.2, 0) is 0 Å². The first-order chi connectivity index (χ1) is 9.01. The smallest absolute Gasteiger partial charge is 0.144 e. The Labute approximate surface area is 118 Å². The van der Waals surface area contributed by atoms with Gasteiger partial charge in [0.25, 0.3) is 0 Å². The van der Waals surface area contributed by atoms with Crippen molar-refractivity contribution in [3.8, 4) is 0 Å². The zero-order valence-corrected chi connectivity index (χ0v) is 12.9. The highest BCUT2D eigenvalue weighted by Crippen LogP contribution is 2.24. The molecule has 4 heteroatoms. The van der Waals surface area contributed by atoms with Gasteiger partial charge in [0.15, 0.2) is 0 Å². The van der Waals surface area contributed by atoms with Gasteiger partial charge in [-0.15, -0.1) is 0 Å². The van der Waals surface area contributed by atoms with Gasteiger partial charge >= 0.3 is 0 Å². The van der Waals surface area contributed by atoms with Crippen LogP contribution in [0.15, 0.2) is 5.16 Å². The van der Waals surface area contributed by atoms with E-state index in [0.29, 0.717) is 5.84 Å². The number of hydrogen-bond donors (Lipinski definition) is 2. The average Bonchev–Trinajstić information content (AvgIpc) is 2.62. The molecule has 3 N–H and O–H groups in total. The summed E-state index contributed by atoms with van der Waals surface area (Å²) in [6.07, 6.45) is 8.77. The second kappa shape index (κ2) is 7.73. The maximum absolute atomic E-state index is 8.79. The predicted molar refractivity (Wildman–Crippen MR) is 80.5 cm³/mol. The molecule has 0 bridgehead atoms. The van der Waals surface area contributed by atoms with E-state index in [1.54, 1.807) is 0 Å². The number of nitrogens with two attached hydrogens (primary N) is 1. The highest BCUT2D eigenvalue weighted by Gasteiger charge is 2.24. The molecule has 1 fully saturated rings. The Morgan fingerprint density at radius 3 is 2.74 bits per heavy atom. The van der Waals surface area contributed by atoms with Gasteiger partial charge in [0.05, 0.1) is 0 Å². The average molecular weight is 269 g/mol. The van der Waals surface area contributed by atoms with Crippen molar-refractivity contribution in [2.75, 3.05) is 13.1 Å². The van der Waals surface area contributed by atoms with Gasteiger partial charge < -0.3 is 15.8 Å². The van der Waals surface area contributed by atoms with Crippen LogP contribution in [0.1, 0.15) is 65.7 Å². The first-order valence-electron chi connectivity index (χ1n) is 7.73. The number of nitrogens with zero attached hydrogens (tertiary/aromatic N) is 2. The molecular weight excluding hydrogens is 238 g/mol. The van der Waals surface area contributed by atoms with Crippen molar-refractivity contribution < 1.29 is 5.21 Å². The molecule has 4 nitrogen and oxygen atoms in total. The molecule has 0 aliphatic carbocycles. The minimum Gasteiger partial charge on any atom is -0.409 e. The maximum Gasteiger partial charge on any atom is 0.144 e. The zero-order chi connectivity index (χ0) is 14.3. The van der Waals surface area contributed by atoms with Crippen molar-refractivity contribution in [3.63, 3.8) is 0 Å². The van der Waals surface area contributed by atoms with E-state index in [1.165, 1.54) is 38.6 Å². The fourth-order valence-corrected chi connectivity index (χ4v) is 2.98. The summed E-state index contributed by atoms with van der Waals surface area (Å²) >= 11 is 0. The third-order valence-corrected chi connectivity index (χ3v) is 4.52. The lowest BCUT2D eigenvalue weighted by atomic mass is 9.86. The topological polar surface area (TPSA) is 61.8 Å². The number of hydrogen-bond acceptors (Lipinski definition) is 3. The lowest BCUT2D eigenvalue weighted by Gasteiger charge is -2.30. The van der Waals surface area contributed by atoms with E-state index in [1.807, 2.05) is 13.8 Å². The summed E-state index contributed by atoms with van der Waals surface area (Å²) in [5, 5.41) is 11.9. The van der Waals surface area contributed by atoms with Crippen LogP contribution in [-0.4, -0.2) is 35.1 Å². The van der Waals surface area contributed by atoms with Crippen LogP contribution in [0.2, 0.25) is 0 Å². The van der Waals surface area contributed by atoms with E-state index in [9.17, 15) is 0 Å². The molecule has 0 aromatic heterocycles. The van der Waals surface area contributed by atoms with Crippen LogP contribution < -0.4 is 5.73 Å². The van der Waals surface area contributed by atoms with Crippen LogP contribution >= 0.6 is 0 Å². The molecule has 1 rings (SSSR count). The summed E-state index contributed by atoms with van der Waals surface area (Å²) in [5.74, 6) is 0.343. The minimum absolute atomic E-state index is 0.206. The van der Waals surface area contributed by atoms with Crippen molar-refractivity contribution in [2.45, 2.75) is 71.8 Å². The standard InChI is InChI=1S/C15H31N3O/c1-4-13-9-6-5-7-11-18(13)12-8-10-15(2,3)14(16)17-19/h13,19H,4-12H2,1-3H3,(H2,16,17). The summed E-state index contributed by atoms with van der Waals surface area (Å²) in [7, 11) is 0. The minimum atomic E-state index is -0.206. The largest absolute Gasteiger partial charge is 0.409 e. The van der Waals surface area contributed by atoms with E-state index < -0.39 is 0 Å². The molecule has 0 saturated carbocycles. The van der Waals surface area contributed by atoms with Crippen molar-refractivity contribution in [1.82, 2.24) is 4.90 Å². The Balaban J connectivity index is 2.42. The maximum atomic E-state index is 8.79. The van der Waals surface area contributed by atoms with Crippen LogP contribution in [0.5, 0.6) is 0 Å². The van der Waals surface area contributed by atoms with Gasteiger partial charge in [0.1, 0.15) is 5.84 Å². The van der Waals surface area contributed by atoms with Gasteiger partial charge in [-0.3, -0.25) is 0 Å². The van der Waals surface area contributed by atoms with Gasteiger partial charge in [-0.2, -0.15) is 0 Å². The van der Waals surface area contributed by atoms with Crippen LogP contribution in [0.25, 0.3) is 0 Å². The molecule has 0 aromatic carbocycles. The zero-order valence-electron chi connectivity index (χ0n) is 12.9. The van der Waals surface area contributed by atoms with E-state index >= 15 is 0 Å². The predicted octanol–water partition coefficient (Wildman–Crippen LogP) is 3.19. The summed E-state index contributed by atoms with van der Waals surface area (Å²) in [5.41, 5.74) is 5.53. The summed E-state index contributed by atoms with van der Waals surface area (Å²) in [6.45, 7) is 8.76. The summed E-state index contributed by atoms with van der Waals surface area (Å²) < 4.78 is 0. The Morgan fingerprint density at radius 1 is 1.37 bits per heavy atom. The van der Waals surface area contributed by atoms with E-state index in [2.05, 4.69) is 17.0 Å². The van der Waals surface area contributed by atoms with Crippen molar-refractivity contribution in [2.24, 2.45) is 16.3 Å². The Hall–Kier alpha value is -0.770. The highest BCUT2D eigenvalue weighted by atomic mass is 16.4. The monoisotopic (exact) mass is 269 g/mol. The van der Waals surface area contributed by atoms with Crippen LogP contribution in [0.4, 0.5) is 0 Å². The first-order valence-corrected chi connectivity index (χ1v) is 7.73.